The van der Waals surface area contributed by atoms with Crippen LogP contribution in [0.25, 0.3) is 5.82 Å². The lowest BCUT2D eigenvalue weighted by atomic mass is 9.97. The summed E-state index contributed by atoms with van der Waals surface area (Å²) in [5, 5.41) is 7.40. The van der Waals surface area contributed by atoms with Gasteiger partial charge in [-0.1, -0.05) is 6.07 Å². The number of amides is 1. The zero-order chi connectivity index (χ0) is 19.5. The summed E-state index contributed by atoms with van der Waals surface area (Å²) < 4.78 is 1.82. The van der Waals surface area contributed by atoms with E-state index in [4.69, 9.17) is 0 Å². The molecule has 8 heteroatoms. The molecule has 8 nitrogen and oxygen atoms in total. The third-order valence-corrected chi connectivity index (χ3v) is 4.90. The molecule has 0 aliphatic carbocycles. The highest BCUT2D eigenvalue weighted by molar-refractivity contribution is 5.92. The van der Waals surface area contributed by atoms with Gasteiger partial charge in [-0.3, -0.25) is 4.79 Å². The number of rotatable bonds is 4. The van der Waals surface area contributed by atoms with Gasteiger partial charge in [0.2, 0.25) is 5.91 Å². The number of aryl methyl sites for hydroxylation is 2. The van der Waals surface area contributed by atoms with Gasteiger partial charge in [-0.15, -0.1) is 0 Å². The Kier molecular flexibility index (Phi) is 5.01. The molecule has 1 aliphatic heterocycles. The van der Waals surface area contributed by atoms with E-state index in [2.05, 4.69) is 30.3 Å². The Bertz CT molecular complexity index is 970. The average Bonchev–Trinajstić information content (AvgIpc) is 3.07. The molecule has 3 aromatic rings. The van der Waals surface area contributed by atoms with Crippen molar-refractivity contribution in [3.8, 4) is 5.82 Å². The SMILES string of the molecule is Cc1cc(C)n(-c2cc(N3CCCC(C(=O)Nc4ccccn4)C3)ncn2)n1. The molecule has 1 fully saturated rings. The molecular weight excluding hydrogens is 354 g/mol. The normalized spacial score (nSPS) is 16.8. The molecule has 4 rings (SSSR count). The third-order valence-electron chi connectivity index (χ3n) is 4.90. The number of aromatic nitrogens is 5. The third kappa shape index (κ3) is 3.85. The van der Waals surface area contributed by atoms with Crippen LogP contribution in [0.5, 0.6) is 0 Å². The van der Waals surface area contributed by atoms with E-state index in [-0.39, 0.29) is 11.8 Å². The number of nitrogens with one attached hydrogen (secondary N) is 1. The lowest BCUT2D eigenvalue weighted by Crippen LogP contribution is -2.41. The minimum absolute atomic E-state index is 0.00350. The quantitative estimate of drug-likeness (QED) is 0.752. The maximum absolute atomic E-state index is 12.7. The topological polar surface area (TPSA) is 88.8 Å². The molecule has 1 aliphatic rings. The summed E-state index contributed by atoms with van der Waals surface area (Å²) in [6, 6.07) is 9.42. The molecule has 28 heavy (non-hydrogen) atoms. The van der Waals surface area contributed by atoms with Crippen LogP contribution in [0, 0.1) is 19.8 Å². The number of piperidine rings is 1. The van der Waals surface area contributed by atoms with E-state index >= 15 is 0 Å². The molecule has 144 valence electrons. The number of anilines is 2. The van der Waals surface area contributed by atoms with Crippen LogP contribution < -0.4 is 10.2 Å². The van der Waals surface area contributed by atoms with Gasteiger partial charge >= 0.3 is 0 Å². The summed E-state index contributed by atoms with van der Waals surface area (Å²) in [5.41, 5.74) is 1.97. The van der Waals surface area contributed by atoms with Gasteiger partial charge in [-0.2, -0.15) is 5.10 Å². The maximum Gasteiger partial charge on any atom is 0.230 e. The fourth-order valence-corrected chi connectivity index (χ4v) is 3.55. The van der Waals surface area contributed by atoms with Crippen molar-refractivity contribution in [3.05, 3.63) is 54.2 Å². The van der Waals surface area contributed by atoms with Crippen LogP contribution in [-0.4, -0.2) is 43.7 Å². The first-order chi connectivity index (χ1) is 13.6. The van der Waals surface area contributed by atoms with Crippen LogP contribution in [0.2, 0.25) is 0 Å². The van der Waals surface area contributed by atoms with Gasteiger partial charge in [-0.05, 0) is 44.9 Å². The Morgan fingerprint density at radius 1 is 1.14 bits per heavy atom. The van der Waals surface area contributed by atoms with Crippen LogP contribution in [0.15, 0.2) is 42.9 Å². The summed E-state index contributed by atoms with van der Waals surface area (Å²) in [6.45, 7) is 5.44. The van der Waals surface area contributed by atoms with E-state index < -0.39 is 0 Å². The smallest absolute Gasteiger partial charge is 0.230 e. The fraction of sp³-hybridized carbons (Fsp3) is 0.350. The average molecular weight is 377 g/mol. The Morgan fingerprint density at radius 3 is 2.75 bits per heavy atom. The number of pyridine rings is 1. The minimum Gasteiger partial charge on any atom is -0.356 e. The molecule has 1 unspecified atom stereocenters. The first-order valence-electron chi connectivity index (χ1n) is 9.42. The van der Waals surface area contributed by atoms with Crippen LogP contribution in [-0.2, 0) is 4.79 Å². The van der Waals surface area contributed by atoms with Crippen molar-refractivity contribution in [1.82, 2.24) is 24.7 Å². The summed E-state index contributed by atoms with van der Waals surface area (Å²) in [6.07, 6.45) is 5.01. The molecule has 3 aromatic heterocycles. The Labute approximate surface area is 163 Å². The number of nitrogens with zero attached hydrogens (tertiary/aromatic N) is 6. The van der Waals surface area contributed by atoms with Gasteiger partial charge in [0.15, 0.2) is 5.82 Å². The molecule has 0 radical (unpaired) electrons. The van der Waals surface area contributed by atoms with Crippen LogP contribution in [0.4, 0.5) is 11.6 Å². The molecule has 0 spiro atoms. The standard InChI is InChI=1S/C20H23N7O/c1-14-10-15(2)27(25-14)19-11-18(22-13-23-19)26-9-5-6-16(12-26)20(28)24-17-7-3-4-8-21-17/h3-4,7-8,10-11,13,16H,5-6,9,12H2,1-2H3,(H,21,24,28). The largest absolute Gasteiger partial charge is 0.356 e. The highest BCUT2D eigenvalue weighted by Crippen LogP contribution is 2.24. The van der Waals surface area contributed by atoms with Gasteiger partial charge in [0.25, 0.3) is 0 Å². The molecule has 1 amide bonds. The maximum atomic E-state index is 12.7. The van der Waals surface area contributed by atoms with Crippen molar-refractivity contribution >= 4 is 17.5 Å². The number of carbonyl (C=O) groups excluding carboxylic acids is 1. The Morgan fingerprint density at radius 2 is 2.00 bits per heavy atom. The molecule has 1 saturated heterocycles. The minimum atomic E-state index is -0.108. The zero-order valence-electron chi connectivity index (χ0n) is 16.0. The second kappa shape index (κ2) is 7.75. The molecule has 0 saturated carbocycles. The number of hydrogen-bond donors (Lipinski definition) is 1. The van der Waals surface area contributed by atoms with E-state index in [1.165, 1.54) is 0 Å². The molecule has 1 atom stereocenters. The predicted molar refractivity (Wildman–Crippen MR) is 106 cm³/mol. The molecule has 0 bridgehead atoms. The van der Waals surface area contributed by atoms with Crippen molar-refractivity contribution in [2.75, 3.05) is 23.3 Å². The zero-order valence-corrected chi connectivity index (χ0v) is 16.0. The summed E-state index contributed by atoms with van der Waals surface area (Å²) in [4.78, 5) is 27.8. The van der Waals surface area contributed by atoms with Crippen molar-refractivity contribution in [3.63, 3.8) is 0 Å². The molecule has 1 N–H and O–H groups in total. The molecular formula is C20H23N7O. The van der Waals surface area contributed by atoms with Crippen molar-refractivity contribution in [2.45, 2.75) is 26.7 Å². The van der Waals surface area contributed by atoms with Crippen molar-refractivity contribution in [1.29, 1.82) is 0 Å². The lowest BCUT2D eigenvalue weighted by Gasteiger charge is -2.32. The summed E-state index contributed by atoms with van der Waals surface area (Å²) in [5.74, 6) is 2.01. The van der Waals surface area contributed by atoms with E-state index in [9.17, 15) is 4.79 Å². The summed E-state index contributed by atoms with van der Waals surface area (Å²) in [7, 11) is 0. The first-order valence-corrected chi connectivity index (χ1v) is 9.42. The Balaban J connectivity index is 1.49. The highest BCUT2D eigenvalue weighted by atomic mass is 16.2. The lowest BCUT2D eigenvalue weighted by molar-refractivity contribution is -0.120. The van der Waals surface area contributed by atoms with E-state index in [1.807, 2.05) is 42.8 Å². The van der Waals surface area contributed by atoms with Crippen molar-refractivity contribution < 1.29 is 4.79 Å². The van der Waals surface area contributed by atoms with Crippen LogP contribution in [0.1, 0.15) is 24.2 Å². The number of carbonyl (C=O) groups is 1. The predicted octanol–water partition coefficient (Wildman–Crippen LogP) is 2.53. The van der Waals surface area contributed by atoms with Crippen molar-refractivity contribution in [2.24, 2.45) is 5.92 Å². The van der Waals surface area contributed by atoms with Gasteiger partial charge in [0.05, 0.1) is 11.6 Å². The molecule has 4 heterocycles. The Hall–Kier alpha value is -3.29. The highest BCUT2D eigenvalue weighted by Gasteiger charge is 2.27. The van der Waals surface area contributed by atoms with Gasteiger partial charge < -0.3 is 10.2 Å². The second-order valence-corrected chi connectivity index (χ2v) is 7.06. The van der Waals surface area contributed by atoms with Crippen LogP contribution in [0.3, 0.4) is 0 Å². The molecule has 0 aromatic carbocycles. The fourth-order valence-electron chi connectivity index (χ4n) is 3.55. The van der Waals surface area contributed by atoms with Crippen LogP contribution >= 0.6 is 0 Å². The number of hydrogen-bond acceptors (Lipinski definition) is 6. The van der Waals surface area contributed by atoms with E-state index in [0.717, 1.165) is 42.4 Å². The monoisotopic (exact) mass is 377 g/mol. The van der Waals surface area contributed by atoms with Gasteiger partial charge in [-0.25, -0.2) is 19.6 Å². The summed E-state index contributed by atoms with van der Waals surface area (Å²) >= 11 is 0. The second-order valence-electron chi connectivity index (χ2n) is 7.06. The van der Waals surface area contributed by atoms with E-state index in [1.54, 1.807) is 18.6 Å². The van der Waals surface area contributed by atoms with Gasteiger partial charge in [0, 0.05) is 31.0 Å². The van der Waals surface area contributed by atoms with Gasteiger partial charge in [0.1, 0.15) is 18.0 Å². The van der Waals surface area contributed by atoms with E-state index in [0.29, 0.717) is 12.4 Å². The first kappa shape index (κ1) is 18.1.